The van der Waals surface area contributed by atoms with Gasteiger partial charge in [-0.25, -0.2) is 0 Å². The maximum Gasteiger partial charge on any atom is 0.416 e. The summed E-state index contributed by atoms with van der Waals surface area (Å²) < 4.78 is 38.0. The lowest BCUT2D eigenvalue weighted by Crippen LogP contribution is -2.30. The van der Waals surface area contributed by atoms with Crippen molar-refractivity contribution in [2.75, 3.05) is 6.54 Å². The maximum atomic E-state index is 12.7. The van der Waals surface area contributed by atoms with Crippen molar-refractivity contribution in [2.24, 2.45) is 5.92 Å². The number of rotatable bonds is 5. The van der Waals surface area contributed by atoms with Gasteiger partial charge in [0.15, 0.2) is 0 Å². The third kappa shape index (κ3) is 4.47. The molecule has 1 fully saturated rings. The van der Waals surface area contributed by atoms with E-state index in [0.717, 1.165) is 18.5 Å². The van der Waals surface area contributed by atoms with E-state index in [2.05, 4.69) is 12.2 Å². The lowest BCUT2D eigenvalue weighted by Gasteiger charge is -2.31. The Morgan fingerprint density at radius 1 is 1.10 bits per heavy atom. The molecule has 1 N–H and O–H groups in total. The Kier molecular flexibility index (Phi) is 5.68. The molecule has 1 aromatic rings. The van der Waals surface area contributed by atoms with Crippen LogP contribution in [0, 0.1) is 5.92 Å². The lowest BCUT2D eigenvalue weighted by atomic mass is 9.81. The van der Waals surface area contributed by atoms with Gasteiger partial charge in [0, 0.05) is 6.04 Å². The quantitative estimate of drug-likeness (QED) is 0.775. The van der Waals surface area contributed by atoms with Crippen LogP contribution in [-0.4, -0.2) is 6.54 Å². The average molecular weight is 299 g/mol. The van der Waals surface area contributed by atoms with Gasteiger partial charge in [-0.2, -0.15) is 13.2 Å². The first-order chi connectivity index (χ1) is 10.0. The summed E-state index contributed by atoms with van der Waals surface area (Å²) in [7, 11) is 0. The summed E-state index contributed by atoms with van der Waals surface area (Å²) in [5, 5.41) is 3.53. The standard InChI is InChI=1S/C17H24F3N/c1-2-12-21-16(13-6-4-3-5-7-13)14-8-10-15(11-9-14)17(18,19)20/h8-11,13,16,21H,2-7,12H2,1H3. The van der Waals surface area contributed by atoms with Gasteiger partial charge in [0.1, 0.15) is 0 Å². The molecule has 1 nitrogen and oxygen atoms in total. The molecule has 0 bridgehead atoms. The Morgan fingerprint density at radius 3 is 2.24 bits per heavy atom. The summed E-state index contributed by atoms with van der Waals surface area (Å²) in [6.45, 7) is 3.01. The smallest absolute Gasteiger partial charge is 0.310 e. The van der Waals surface area contributed by atoms with Crippen LogP contribution in [0.5, 0.6) is 0 Å². The van der Waals surface area contributed by atoms with Crippen molar-refractivity contribution in [3.05, 3.63) is 35.4 Å². The van der Waals surface area contributed by atoms with E-state index in [4.69, 9.17) is 0 Å². The number of hydrogen-bond acceptors (Lipinski definition) is 1. The number of benzene rings is 1. The summed E-state index contributed by atoms with van der Waals surface area (Å²) >= 11 is 0. The predicted octanol–water partition coefficient (Wildman–Crippen LogP) is 5.33. The van der Waals surface area contributed by atoms with Crippen LogP contribution in [0.2, 0.25) is 0 Å². The minimum atomic E-state index is -4.25. The zero-order chi connectivity index (χ0) is 15.3. The Bertz CT molecular complexity index is 419. The molecule has 1 aromatic carbocycles. The summed E-state index contributed by atoms with van der Waals surface area (Å²) in [5.41, 5.74) is 0.424. The van der Waals surface area contributed by atoms with Crippen molar-refractivity contribution in [3.8, 4) is 0 Å². The second kappa shape index (κ2) is 7.30. The monoisotopic (exact) mass is 299 g/mol. The zero-order valence-electron chi connectivity index (χ0n) is 12.5. The van der Waals surface area contributed by atoms with Gasteiger partial charge < -0.3 is 5.32 Å². The molecule has 0 saturated heterocycles. The molecule has 2 rings (SSSR count). The molecule has 0 amide bonds. The number of alkyl halides is 3. The van der Waals surface area contributed by atoms with Crippen LogP contribution in [0.25, 0.3) is 0 Å². The van der Waals surface area contributed by atoms with Gasteiger partial charge >= 0.3 is 6.18 Å². The summed E-state index contributed by atoms with van der Waals surface area (Å²) in [6, 6.07) is 5.89. The fourth-order valence-corrected chi connectivity index (χ4v) is 3.20. The first-order valence-electron chi connectivity index (χ1n) is 7.93. The topological polar surface area (TPSA) is 12.0 Å². The molecule has 0 aromatic heterocycles. The largest absolute Gasteiger partial charge is 0.416 e. The van der Waals surface area contributed by atoms with Crippen molar-refractivity contribution in [1.29, 1.82) is 0 Å². The van der Waals surface area contributed by atoms with Gasteiger partial charge in [0.05, 0.1) is 5.56 Å². The molecule has 118 valence electrons. The van der Waals surface area contributed by atoms with Crippen molar-refractivity contribution < 1.29 is 13.2 Å². The first-order valence-corrected chi connectivity index (χ1v) is 7.93. The number of halogens is 3. The summed E-state index contributed by atoms with van der Waals surface area (Å²) in [5.74, 6) is 0.544. The maximum absolute atomic E-state index is 12.7. The Hall–Kier alpha value is -1.03. The third-order valence-corrected chi connectivity index (χ3v) is 4.33. The van der Waals surface area contributed by atoms with Crippen LogP contribution in [0.3, 0.4) is 0 Å². The molecule has 1 saturated carbocycles. The number of hydrogen-bond donors (Lipinski definition) is 1. The second-order valence-electron chi connectivity index (χ2n) is 5.95. The van der Waals surface area contributed by atoms with Crippen LogP contribution >= 0.6 is 0 Å². The third-order valence-electron chi connectivity index (χ3n) is 4.33. The lowest BCUT2D eigenvalue weighted by molar-refractivity contribution is -0.137. The highest BCUT2D eigenvalue weighted by Crippen LogP contribution is 2.36. The van der Waals surface area contributed by atoms with E-state index in [1.165, 1.54) is 44.2 Å². The molecular weight excluding hydrogens is 275 g/mol. The first kappa shape index (κ1) is 16.3. The van der Waals surface area contributed by atoms with Crippen molar-refractivity contribution in [1.82, 2.24) is 5.32 Å². The molecule has 1 atom stereocenters. The zero-order valence-corrected chi connectivity index (χ0v) is 12.5. The molecule has 0 heterocycles. The highest BCUT2D eigenvalue weighted by atomic mass is 19.4. The van der Waals surface area contributed by atoms with Crippen LogP contribution in [0.1, 0.15) is 62.6 Å². The number of nitrogens with one attached hydrogen (secondary N) is 1. The minimum Gasteiger partial charge on any atom is -0.310 e. The molecule has 4 heteroatoms. The van der Waals surface area contributed by atoms with Gasteiger partial charge in [0.2, 0.25) is 0 Å². The van der Waals surface area contributed by atoms with Crippen LogP contribution in [-0.2, 0) is 6.18 Å². The molecule has 1 unspecified atom stereocenters. The van der Waals surface area contributed by atoms with Crippen LogP contribution in [0.4, 0.5) is 13.2 Å². The predicted molar refractivity (Wildman–Crippen MR) is 79.1 cm³/mol. The van der Waals surface area contributed by atoms with Crippen molar-refractivity contribution in [3.63, 3.8) is 0 Å². The minimum absolute atomic E-state index is 0.188. The second-order valence-corrected chi connectivity index (χ2v) is 5.95. The van der Waals surface area contributed by atoms with E-state index >= 15 is 0 Å². The van der Waals surface area contributed by atoms with Crippen LogP contribution < -0.4 is 5.32 Å². The van der Waals surface area contributed by atoms with Gasteiger partial charge in [-0.15, -0.1) is 0 Å². The van der Waals surface area contributed by atoms with E-state index in [9.17, 15) is 13.2 Å². The highest BCUT2D eigenvalue weighted by molar-refractivity contribution is 5.27. The van der Waals surface area contributed by atoms with E-state index in [1.807, 2.05) is 0 Å². The SMILES string of the molecule is CCCNC(c1ccc(C(F)(F)F)cc1)C1CCCCC1. The molecule has 0 aliphatic heterocycles. The molecule has 21 heavy (non-hydrogen) atoms. The molecule has 1 aliphatic rings. The Labute approximate surface area is 124 Å². The molecule has 0 spiro atoms. The summed E-state index contributed by atoms with van der Waals surface area (Å²) in [6.07, 6.45) is 2.86. The fourth-order valence-electron chi connectivity index (χ4n) is 3.20. The Balaban J connectivity index is 2.15. The average Bonchev–Trinajstić information content (AvgIpc) is 2.48. The van der Waals surface area contributed by atoms with Gasteiger partial charge in [-0.1, -0.05) is 38.3 Å². The van der Waals surface area contributed by atoms with Crippen molar-refractivity contribution >= 4 is 0 Å². The molecule has 0 radical (unpaired) electrons. The van der Waals surface area contributed by atoms with Crippen molar-refractivity contribution in [2.45, 2.75) is 57.7 Å². The van der Waals surface area contributed by atoms with E-state index in [-0.39, 0.29) is 6.04 Å². The van der Waals surface area contributed by atoms with Gasteiger partial charge in [0.25, 0.3) is 0 Å². The van der Waals surface area contributed by atoms with Gasteiger partial charge in [-0.3, -0.25) is 0 Å². The fraction of sp³-hybridized carbons (Fsp3) is 0.647. The summed E-state index contributed by atoms with van der Waals surface area (Å²) in [4.78, 5) is 0. The van der Waals surface area contributed by atoms with Crippen LogP contribution in [0.15, 0.2) is 24.3 Å². The van der Waals surface area contributed by atoms with E-state index in [0.29, 0.717) is 5.92 Å². The normalized spacial score (nSPS) is 18.7. The van der Waals surface area contributed by atoms with Gasteiger partial charge in [-0.05, 0) is 49.4 Å². The highest BCUT2D eigenvalue weighted by Gasteiger charge is 2.31. The Morgan fingerprint density at radius 2 is 1.71 bits per heavy atom. The molecule has 1 aliphatic carbocycles. The molecular formula is C17H24F3N. The van der Waals surface area contributed by atoms with E-state index < -0.39 is 11.7 Å². The van der Waals surface area contributed by atoms with E-state index in [1.54, 1.807) is 12.1 Å².